The Morgan fingerprint density at radius 1 is 1.00 bits per heavy atom. The van der Waals surface area contributed by atoms with Crippen LogP contribution in [-0.2, 0) is 18.1 Å². The fraction of sp³-hybridized carbons (Fsp3) is 1.00. The minimum absolute atomic E-state index is 0. The Hall–Kier alpha value is 0.707. The Kier molecular flexibility index (Phi) is 7.56. The van der Waals surface area contributed by atoms with Crippen molar-refractivity contribution < 1.29 is 18.1 Å². The van der Waals surface area contributed by atoms with E-state index < -0.39 is 7.82 Å². The molecular formula is C3H10LiO4P. The van der Waals surface area contributed by atoms with Crippen molar-refractivity contribution in [3.05, 3.63) is 0 Å². The van der Waals surface area contributed by atoms with Gasteiger partial charge >= 0.3 is 26.7 Å². The van der Waals surface area contributed by atoms with Crippen molar-refractivity contribution in [1.29, 1.82) is 0 Å². The molecule has 0 rings (SSSR count). The van der Waals surface area contributed by atoms with Gasteiger partial charge in [-0.25, -0.2) is 4.57 Å². The zero-order chi connectivity index (χ0) is 6.62. The number of hydrogen-bond acceptors (Lipinski definition) is 4. The summed E-state index contributed by atoms with van der Waals surface area (Å²) in [5.41, 5.74) is 0. The number of phosphoric acid groups is 1. The maximum absolute atomic E-state index is 10.7. The van der Waals surface area contributed by atoms with Crippen LogP contribution in [0.2, 0.25) is 0 Å². The first kappa shape index (κ1) is 12.4. The van der Waals surface area contributed by atoms with Gasteiger partial charge in [-0.3, -0.25) is 13.6 Å². The summed E-state index contributed by atoms with van der Waals surface area (Å²) in [7, 11) is 0.611. The number of rotatable bonds is 3. The first-order chi connectivity index (χ1) is 3.68. The molecule has 6 heteroatoms. The molecular weight excluding hydrogens is 138 g/mol. The molecule has 0 aliphatic heterocycles. The van der Waals surface area contributed by atoms with Gasteiger partial charge in [0.05, 0.1) is 0 Å². The second-order valence-corrected chi connectivity index (χ2v) is 2.98. The van der Waals surface area contributed by atoms with Crippen molar-refractivity contribution >= 4 is 26.7 Å². The predicted octanol–water partition coefficient (Wildman–Crippen LogP) is 0.385. The molecule has 0 N–H and O–H groups in total. The van der Waals surface area contributed by atoms with Gasteiger partial charge in [0.2, 0.25) is 0 Å². The van der Waals surface area contributed by atoms with E-state index in [2.05, 4.69) is 13.6 Å². The van der Waals surface area contributed by atoms with Gasteiger partial charge in [-0.05, 0) is 0 Å². The zero-order valence-corrected chi connectivity index (χ0v) is 5.97. The van der Waals surface area contributed by atoms with Crippen LogP contribution in [0.15, 0.2) is 0 Å². The van der Waals surface area contributed by atoms with Crippen LogP contribution >= 0.6 is 7.82 Å². The second kappa shape index (κ2) is 5.49. The third-order valence-corrected chi connectivity index (χ3v) is 2.01. The molecule has 4 nitrogen and oxygen atoms in total. The first-order valence-corrected chi connectivity index (χ1v) is 3.42. The Balaban J connectivity index is 0. The predicted molar refractivity (Wildman–Crippen MR) is 35.8 cm³/mol. The van der Waals surface area contributed by atoms with Gasteiger partial charge < -0.3 is 0 Å². The number of phosphoric ester groups is 1. The summed E-state index contributed by atoms with van der Waals surface area (Å²) in [5.74, 6) is 0. The van der Waals surface area contributed by atoms with Crippen molar-refractivity contribution in [2.75, 3.05) is 21.3 Å². The average molecular weight is 148 g/mol. The molecule has 0 saturated carbocycles. The summed E-state index contributed by atoms with van der Waals surface area (Å²) in [6.07, 6.45) is 0. The Bertz CT molecular complexity index is 87.0. The van der Waals surface area contributed by atoms with E-state index in [1.807, 2.05) is 0 Å². The molecule has 0 aromatic carbocycles. The summed E-state index contributed by atoms with van der Waals surface area (Å²) in [4.78, 5) is 0. The standard InChI is InChI=1S/C3H9O4P.Li.H/c1-5-8(4,6-2)7-3;;/h1-3H3;;. The molecule has 0 aromatic heterocycles. The van der Waals surface area contributed by atoms with Crippen LogP contribution in [0.1, 0.15) is 0 Å². The van der Waals surface area contributed by atoms with E-state index in [1.165, 1.54) is 21.3 Å². The Morgan fingerprint density at radius 2 is 1.22 bits per heavy atom. The molecule has 0 radical (unpaired) electrons. The molecule has 0 amide bonds. The van der Waals surface area contributed by atoms with E-state index in [4.69, 9.17) is 0 Å². The Labute approximate surface area is 66.7 Å². The SMILES string of the molecule is COP(=O)(OC)OC.[LiH]. The summed E-state index contributed by atoms with van der Waals surface area (Å²) in [5, 5.41) is 0. The summed E-state index contributed by atoms with van der Waals surface area (Å²) in [6, 6.07) is 0. The normalized spacial score (nSPS) is 10.6. The van der Waals surface area contributed by atoms with E-state index in [0.29, 0.717) is 0 Å². The molecule has 0 spiro atoms. The molecule has 0 atom stereocenters. The summed E-state index contributed by atoms with van der Waals surface area (Å²) < 4.78 is 23.7. The molecule has 0 aromatic rings. The van der Waals surface area contributed by atoms with E-state index in [9.17, 15) is 4.57 Å². The topological polar surface area (TPSA) is 44.8 Å². The van der Waals surface area contributed by atoms with E-state index >= 15 is 0 Å². The third kappa shape index (κ3) is 4.16. The molecule has 0 heterocycles. The van der Waals surface area contributed by atoms with Crippen LogP contribution in [-0.4, -0.2) is 40.2 Å². The summed E-state index contributed by atoms with van der Waals surface area (Å²) >= 11 is 0. The molecule has 0 aliphatic rings. The maximum atomic E-state index is 10.7. The van der Waals surface area contributed by atoms with Gasteiger partial charge in [0.1, 0.15) is 0 Å². The molecule has 0 fully saturated rings. The van der Waals surface area contributed by atoms with E-state index in [0.717, 1.165) is 0 Å². The second-order valence-electron chi connectivity index (χ2n) is 0.995. The first-order valence-electron chi connectivity index (χ1n) is 1.96. The number of hydrogen-bond donors (Lipinski definition) is 0. The monoisotopic (exact) mass is 148 g/mol. The fourth-order valence-electron chi connectivity index (χ4n) is 0.224. The van der Waals surface area contributed by atoms with Crippen molar-refractivity contribution in [3.63, 3.8) is 0 Å². The van der Waals surface area contributed by atoms with E-state index in [1.54, 1.807) is 0 Å². The molecule has 0 bridgehead atoms. The fourth-order valence-corrected chi connectivity index (χ4v) is 0.671. The minimum atomic E-state index is -3.16. The Morgan fingerprint density at radius 3 is 1.22 bits per heavy atom. The van der Waals surface area contributed by atoms with Crippen LogP contribution in [0.25, 0.3) is 0 Å². The van der Waals surface area contributed by atoms with Gasteiger partial charge in [-0.1, -0.05) is 0 Å². The van der Waals surface area contributed by atoms with Gasteiger partial charge in [0.25, 0.3) is 0 Å². The van der Waals surface area contributed by atoms with Gasteiger partial charge in [0, 0.05) is 21.3 Å². The van der Waals surface area contributed by atoms with Crippen molar-refractivity contribution in [1.82, 2.24) is 0 Å². The van der Waals surface area contributed by atoms with Crippen molar-refractivity contribution in [2.24, 2.45) is 0 Å². The van der Waals surface area contributed by atoms with Gasteiger partial charge in [-0.15, -0.1) is 0 Å². The van der Waals surface area contributed by atoms with Crippen LogP contribution in [0, 0.1) is 0 Å². The molecule has 0 unspecified atom stereocenters. The molecule has 52 valence electrons. The molecule has 9 heavy (non-hydrogen) atoms. The van der Waals surface area contributed by atoms with Crippen LogP contribution in [0.4, 0.5) is 0 Å². The average Bonchev–Trinajstić information content (AvgIpc) is 1.87. The van der Waals surface area contributed by atoms with Crippen molar-refractivity contribution in [3.8, 4) is 0 Å². The third-order valence-electron chi connectivity index (χ3n) is 0.671. The van der Waals surface area contributed by atoms with Gasteiger partial charge in [0.15, 0.2) is 0 Å². The van der Waals surface area contributed by atoms with Crippen LogP contribution in [0.5, 0.6) is 0 Å². The molecule has 0 aliphatic carbocycles. The quantitative estimate of drug-likeness (QED) is 0.428. The van der Waals surface area contributed by atoms with E-state index in [-0.39, 0.29) is 18.9 Å². The van der Waals surface area contributed by atoms with Crippen LogP contribution in [0.3, 0.4) is 0 Å². The van der Waals surface area contributed by atoms with Gasteiger partial charge in [-0.2, -0.15) is 0 Å². The molecule has 0 saturated heterocycles. The van der Waals surface area contributed by atoms with Crippen LogP contribution < -0.4 is 0 Å². The summed E-state index contributed by atoms with van der Waals surface area (Å²) in [6.45, 7) is 0. The zero-order valence-electron chi connectivity index (χ0n) is 5.08. The van der Waals surface area contributed by atoms with Crippen molar-refractivity contribution in [2.45, 2.75) is 0 Å².